The molecule has 3 aliphatic rings. The first-order valence-corrected chi connectivity index (χ1v) is 12.1. The highest BCUT2D eigenvalue weighted by Gasteiger charge is 2.46. The molecule has 2 amide bonds. The number of hydrazine groups is 1. The first kappa shape index (κ1) is 25.5. The molecule has 2 unspecified atom stereocenters. The summed E-state index contributed by atoms with van der Waals surface area (Å²) >= 11 is 6.09. The third-order valence-electron chi connectivity index (χ3n) is 6.81. The van der Waals surface area contributed by atoms with E-state index in [-0.39, 0.29) is 28.1 Å². The van der Waals surface area contributed by atoms with Crippen LogP contribution in [-0.2, 0) is 4.79 Å². The first-order valence-electron chi connectivity index (χ1n) is 11.8. The van der Waals surface area contributed by atoms with E-state index >= 15 is 0 Å². The van der Waals surface area contributed by atoms with Crippen LogP contribution in [0.3, 0.4) is 0 Å². The van der Waals surface area contributed by atoms with Crippen LogP contribution in [0.15, 0.2) is 67.0 Å². The van der Waals surface area contributed by atoms with Gasteiger partial charge in [-0.2, -0.15) is 0 Å². The summed E-state index contributed by atoms with van der Waals surface area (Å²) in [6.45, 7) is 1.53. The zero-order valence-corrected chi connectivity index (χ0v) is 20.9. The molecule has 4 heterocycles. The number of hydrogen-bond donors (Lipinski definition) is 7. The molecule has 1 spiro atoms. The van der Waals surface area contributed by atoms with Crippen molar-refractivity contribution < 1.29 is 9.59 Å². The lowest BCUT2D eigenvalue weighted by molar-refractivity contribution is -0.116. The minimum absolute atomic E-state index is 0.00951. The van der Waals surface area contributed by atoms with Crippen molar-refractivity contribution in [1.82, 2.24) is 30.8 Å². The summed E-state index contributed by atoms with van der Waals surface area (Å²) in [6.07, 6.45) is -0.478. The van der Waals surface area contributed by atoms with Crippen LogP contribution < -0.4 is 33.5 Å². The number of H-pyrrole nitrogens is 1. The Labute approximate surface area is 221 Å². The maximum absolute atomic E-state index is 13.1. The minimum atomic E-state index is -1.07. The van der Waals surface area contributed by atoms with Gasteiger partial charge in [-0.15, -0.1) is 10.2 Å². The summed E-state index contributed by atoms with van der Waals surface area (Å²) < 4.78 is 0. The lowest BCUT2D eigenvalue weighted by Gasteiger charge is -2.39. The van der Waals surface area contributed by atoms with E-state index in [9.17, 15) is 9.59 Å². The second-order valence-electron chi connectivity index (χ2n) is 9.17. The zero-order valence-electron chi connectivity index (χ0n) is 20.1. The summed E-state index contributed by atoms with van der Waals surface area (Å²) in [5.74, 6) is 15.8. The van der Waals surface area contributed by atoms with Gasteiger partial charge in [0, 0.05) is 36.1 Å². The van der Waals surface area contributed by atoms with E-state index in [0.717, 1.165) is 10.9 Å². The van der Waals surface area contributed by atoms with E-state index in [1.807, 2.05) is 35.2 Å². The van der Waals surface area contributed by atoms with Gasteiger partial charge in [-0.25, -0.2) is 10.0 Å². The maximum Gasteiger partial charge on any atom is 0.272 e. The van der Waals surface area contributed by atoms with Crippen LogP contribution in [0.1, 0.15) is 23.3 Å². The second kappa shape index (κ2) is 10.3. The van der Waals surface area contributed by atoms with Crippen LogP contribution in [0.4, 0.5) is 0 Å². The number of likely N-dealkylation sites (tertiary alicyclic amines) is 1. The van der Waals surface area contributed by atoms with Gasteiger partial charge in [0.15, 0.2) is 22.9 Å². The van der Waals surface area contributed by atoms with Crippen molar-refractivity contribution >= 4 is 40.0 Å². The van der Waals surface area contributed by atoms with E-state index in [0.29, 0.717) is 38.2 Å². The number of benzene rings is 1. The van der Waals surface area contributed by atoms with Crippen molar-refractivity contribution in [3.8, 4) is 0 Å². The summed E-state index contributed by atoms with van der Waals surface area (Å²) in [4.78, 5) is 35.3. The molecule has 0 bridgehead atoms. The van der Waals surface area contributed by atoms with Gasteiger partial charge in [0.2, 0.25) is 0 Å². The van der Waals surface area contributed by atoms with Gasteiger partial charge in [-0.05, 0) is 25.0 Å². The molecule has 17 heteroatoms. The fraction of sp³-hybridized carbons (Fsp3) is 0.381. The summed E-state index contributed by atoms with van der Waals surface area (Å²) in [6, 6.07) is 9.63. The van der Waals surface area contributed by atoms with Crippen LogP contribution in [0.25, 0.3) is 10.9 Å². The molecule has 1 aromatic heterocycles. The van der Waals surface area contributed by atoms with Gasteiger partial charge in [0.05, 0.1) is 0 Å². The van der Waals surface area contributed by atoms with E-state index in [4.69, 9.17) is 29.1 Å². The molecule has 0 radical (unpaired) electrons. The zero-order chi connectivity index (χ0) is 26.9. The average molecular weight is 543 g/mol. The van der Waals surface area contributed by atoms with Crippen LogP contribution >= 0.6 is 11.6 Å². The Kier molecular flexibility index (Phi) is 6.94. The molecule has 0 saturated carbocycles. The molecule has 0 aliphatic carbocycles. The molecule has 38 heavy (non-hydrogen) atoms. The Morgan fingerprint density at radius 2 is 1.95 bits per heavy atom. The molecule has 16 nitrogen and oxygen atoms in total. The van der Waals surface area contributed by atoms with Gasteiger partial charge >= 0.3 is 0 Å². The number of halogens is 1. The normalized spacial score (nSPS) is 23.9. The SMILES string of the molecule is NN=NC1=C(Cl)N=C(C(=O)NC2NC3(CCN(C(=O)c4cc5ccccc5[nH]4)CC3)CN2N)C(N=NN)N1. The van der Waals surface area contributed by atoms with E-state index in [1.165, 1.54) is 5.01 Å². The molecule has 2 fully saturated rings. The van der Waals surface area contributed by atoms with Crippen molar-refractivity contribution in [2.75, 3.05) is 19.6 Å². The molecule has 200 valence electrons. The Bertz CT molecular complexity index is 1330. The quantitative estimate of drug-likeness (QED) is 0.114. The summed E-state index contributed by atoms with van der Waals surface area (Å²) in [5.41, 5.74) is 0.986. The highest BCUT2D eigenvalue weighted by molar-refractivity contribution is 6.43. The van der Waals surface area contributed by atoms with Crippen molar-refractivity contribution in [1.29, 1.82) is 0 Å². The largest absolute Gasteiger partial charge is 0.351 e. The van der Waals surface area contributed by atoms with Crippen LogP contribution in [0.2, 0.25) is 0 Å². The molecular formula is C21H27ClN14O2. The Morgan fingerprint density at radius 3 is 2.66 bits per heavy atom. The first-order chi connectivity index (χ1) is 18.3. The van der Waals surface area contributed by atoms with Gasteiger partial charge < -0.3 is 32.2 Å². The number of piperidine rings is 1. The predicted octanol–water partition coefficient (Wildman–Crippen LogP) is -0.291. The lowest BCUT2D eigenvalue weighted by Crippen LogP contribution is -2.59. The molecule has 2 aromatic rings. The maximum atomic E-state index is 13.1. The molecule has 3 aliphatic heterocycles. The molecule has 1 aromatic carbocycles. The number of rotatable bonds is 5. The molecular weight excluding hydrogens is 516 g/mol. The second-order valence-corrected chi connectivity index (χ2v) is 9.52. The van der Waals surface area contributed by atoms with Crippen molar-refractivity contribution in [3.63, 3.8) is 0 Å². The van der Waals surface area contributed by atoms with Crippen LogP contribution in [0.5, 0.6) is 0 Å². The van der Waals surface area contributed by atoms with Crippen LogP contribution in [0, 0.1) is 0 Å². The van der Waals surface area contributed by atoms with Gasteiger partial charge in [-0.3, -0.25) is 20.7 Å². The molecule has 2 saturated heterocycles. The number of carbonyl (C=O) groups excluding carboxylic acids is 2. The lowest BCUT2D eigenvalue weighted by atomic mass is 9.88. The number of nitrogens with two attached hydrogens (primary N) is 3. The van der Waals surface area contributed by atoms with E-state index in [2.05, 4.69) is 46.6 Å². The number of amides is 2. The third-order valence-corrected chi connectivity index (χ3v) is 7.08. The fourth-order valence-corrected chi connectivity index (χ4v) is 5.09. The topological polar surface area (TPSA) is 232 Å². The highest BCUT2D eigenvalue weighted by atomic mass is 35.5. The summed E-state index contributed by atoms with van der Waals surface area (Å²) in [5, 5.41) is 25.0. The highest BCUT2D eigenvalue weighted by Crippen LogP contribution is 2.29. The third kappa shape index (κ3) is 4.89. The monoisotopic (exact) mass is 542 g/mol. The van der Waals surface area contributed by atoms with E-state index in [1.54, 1.807) is 0 Å². The number of aromatic amines is 1. The van der Waals surface area contributed by atoms with Crippen molar-refractivity contribution in [2.24, 2.45) is 43.2 Å². The number of nitrogens with one attached hydrogen (secondary N) is 4. The summed E-state index contributed by atoms with van der Waals surface area (Å²) in [7, 11) is 0. The van der Waals surface area contributed by atoms with Crippen molar-refractivity contribution in [3.05, 3.63) is 47.0 Å². The van der Waals surface area contributed by atoms with Gasteiger partial charge in [0.25, 0.3) is 11.8 Å². The number of nitrogens with zero attached hydrogens (tertiary/aromatic N) is 7. The number of aliphatic imine (C=N–C) groups is 1. The van der Waals surface area contributed by atoms with Crippen LogP contribution in [-0.4, -0.2) is 70.0 Å². The van der Waals surface area contributed by atoms with E-state index < -0.39 is 18.4 Å². The Morgan fingerprint density at radius 1 is 1.18 bits per heavy atom. The van der Waals surface area contributed by atoms with Crippen molar-refractivity contribution in [2.45, 2.75) is 30.8 Å². The van der Waals surface area contributed by atoms with Gasteiger partial charge in [0.1, 0.15) is 12.0 Å². The Hall–Kier alpha value is -4.12. The predicted molar refractivity (Wildman–Crippen MR) is 137 cm³/mol. The number of fused-ring (bicyclic) bond motifs is 1. The van der Waals surface area contributed by atoms with Gasteiger partial charge in [-0.1, -0.05) is 40.2 Å². The molecule has 5 rings (SSSR count). The number of aromatic nitrogens is 1. The average Bonchev–Trinajstić information content (AvgIpc) is 3.47. The fourth-order valence-electron chi connectivity index (χ4n) is 4.91. The standard InChI is InChI=1S/C21H27ClN14O2/c22-15-17(32-34-24)28-16(31-33-23)14(27-15)18(37)29-20-30-21(10-36(20)25)5-7-35(8-6-21)19(38)13-9-11-3-1-2-4-12(11)26-13/h1-4,9,16,20,26,28,30H,5-8,10,25H2,(H2,23,31)(H2,24,32)(H,29,37). The number of carbonyl (C=O) groups is 2. The number of hydrogen-bond acceptors (Lipinski definition) is 11. The molecule has 2 atom stereocenters. The number of para-hydroxylation sites is 1. The Balaban J connectivity index is 1.23. The minimum Gasteiger partial charge on any atom is -0.351 e. The molecule has 10 N–H and O–H groups in total. The smallest absolute Gasteiger partial charge is 0.272 e.